The summed E-state index contributed by atoms with van der Waals surface area (Å²) < 4.78 is 0. The van der Waals surface area contributed by atoms with Gasteiger partial charge in [-0.15, -0.1) is 22.7 Å². The largest absolute Gasteiger partial charge is 0.352 e. The molecule has 0 aliphatic carbocycles. The van der Waals surface area contributed by atoms with Crippen molar-refractivity contribution in [3.63, 3.8) is 0 Å². The number of benzene rings is 2. The van der Waals surface area contributed by atoms with Crippen molar-refractivity contribution in [1.82, 2.24) is 15.3 Å². The molecule has 0 aliphatic heterocycles. The third-order valence-corrected chi connectivity index (χ3v) is 7.01. The topological polar surface area (TPSA) is 54.9 Å². The van der Waals surface area contributed by atoms with E-state index in [4.69, 9.17) is 9.97 Å². The summed E-state index contributed by atoms with van der Waals surface area (Å²) >= 11 is 3.29. The minimum Gasteiger partial charge on any atom is -0.352 e. The van der Waals surface area contributed by atoms with E-state index in [1.54, 1.807) is 22.7 Å². The van der Waals surface area contributed by atoms with E-state index in [1.807, 2.05) is 54.9 Å². The third-order valence-electron chi connectivity index (χ3n) is 5.26. The van der Waals surface area contributed by atoms with Crippen LogP contribution in [-0.4, -0.2) is 22.4 Å². The molecule has 0 atom stereocenters. The minimum absolute atomic E-state index is 0.0965. The molecule has 5 aromatic rings. The number of fused-ring (bicyclic) bond motifs is 1. The summed E-state index contributed by atoms with van der Waals surface area (Å²) in [7, 11) is 0. The van der Waals surface area contributed by atoms with E-state index in [9.17, 15) is 4.79 Å². The van der Waals surface area contributed by atoms with Crippen molar-refractivity contribution < 1.29 is 4.79 Å². The Hall–Kier alpha value is -3.35. The molecule has 5 rings (SSSR count). The Labute approximate surface area is 208 Å². The van der Waals surface area contributed by atoms with Crippen LogP contribution < -0.4 is 5.32 Å². The van der Waals surface area contributed by atoms with Crippen LogP contribution in [0.2, 0.25) is 0 Å². The number of carbonyl (C=O) groups is 1. The van der Waals surface area contributed by atoms with Crippen LogP contribution in [0.15, 0.2) is 77.5 Å². The van der Waals surface area contributed by atoms with E-state index >= 15 is 0 Å². The number of amides is 1. The van der Waals surface area contributed by atoms with Crippen molar-refractivity contribution in [2.75, 3.05) is 6.54 Å². The molecule has 6 heteroatoms. The number of hydrogen-bond acceptors (Lipinski definition) is 5. The van der Waals surface area contributed by atoms with Gasteiger partial charge in [-0.05, 0) is 60.0 Å². The highest BCUT2D eigenvalue weighted by Gasteiger charge is 2.16. The number of thiophene rings is 2. The Morgan fingerprint density at radius 3 is 2.03 bits per heavy atom. The van der Waals surface area contributed by atoms with Crippen molar-refractivity contribution >= 4 is 39.6 Å². The van der Waals surface area contributed by atoms with Crippen LogP contribution in [0.3, 0.4) is 0 Å². The molecular weight excluding hydrogens is 458 g/mol. The molecule has 0 bridgehead atoms. The van der Waals surface area contributed by atoms with Gasteiger partial charge in [0, 0.05) is 12.1 Å². The Kier molecular flexibility index (Phi) is 7.83. The predicted octanol–water partition coefficient (Wildman–Crippen LogP) is 7.39. The fourth-order valence-electron chi connectivity index (χ4n) is 3.54. The summed E-state index contributed by atoms with van der Waals surface area (Å²) in [6.45, 7) is 6.66. The molecule has 0 radical (unpaired) electrons. The van der Waals surface area contributed by atoms with Crippen molar-refractivity contribution in [2.45, 2.75) is 27.2 Å². The predicted molar refractivity (Wildman–Crippen MR) is 145 cm³/mol. The number of carbonyl (C=O) groups excluding carboxylic acids is 1. The van der Waals surface area contributed by atoms with Crippen LogP contribution in [0.1, 0.15) is 35.3 Å². The van der Waals surface area contributed by atoms with E-state index in [2.05, 4.69) is 48.6 Å². The highest BCUT2D eigenvalue weighted by molar-refractivity contribution is 7.14. The second-order valence-electron chi connectivity index (χ2n) is 7.57. The Morgan fingerprint density at radius 2 is 1.44 bits per heavy atom. The average molecular weight is 486 g/mol. The summed E-state index contributed by atoms with van der Waals surface area (Å²) in [6.07, 6.45) is 0.798. The first-order valence-electron chi connectivity index (χ1n) is 11.4. The quantitative estimate of drug-likeness (QED) is 0.273. The van der Waals surface area contributed by atoms with Gasteiger partial charge in [0.15, 0.2) is 0 Å². The normalized spacial score (nSPS) is 10.6. The molecule has 0 saturated carbocycles. The number of rotatable bonds is 6. The third kappa shape index (κ3) is 5.41. The van der Waals surface area contributed by atoms with E-state index in [-0.39, 0.29) is 5.91 Å². The standard InChI is InChI=1S/C26H21N3OS2.C2H6/c1-17-6-8-18(9-7-17)12-13-27-26(30)19-10-11-20-21(16-19)29-25(23-5-3-15-32-23)24(28-20)22-4-2-14-31-22;1-2/h2-11,14-16H,12-13H2,1H3,(H,27,30);1-2H3. The summed E-state index contributed by atoms with van der Waals surface area (Å²) in [5, 5.41) is 7.10. The molecule has 0 aliphatic rings. The van der Waals surface area contributed by atoms with E-state index in [0.29, 0.717) is 12.1 Å². The highest BCUT2D eigenvalue weighted by atomic mass is 32.1. The minimum atomic E-state index is -0.0965. The maximum absolute atomic E-state index is 12.7. The average Bonchev–Trinajstić information content (AvgIpc) is 3.60. The zero-order valence-electron chi connectivity index (χ0n) is 19.5. The first-order valence-corrected chi connectivity index (χ1v) is 13.2. The van der Waals surface area contributed by atoms with Gasteiger partial charge in [-0.25, -0.2) is 9.97 Å². The molecule has 3 aromatic heterocycles. The summed E-state index contributed by atoms with van der Waals surface area (Å²) in [6, 6.07) is 22.1. The lowest BCUT2D eigenvalue weighted by Crippen LogP contribution is -2.25. The monoisotopic (exact) mass is 485 g/mol. The van der Waals surface area contributed by atoms with Gasteiger partial charge in [-0.1, -0.05) is 55.8 Å². The lowest BCUT2D eigenvalue weighted by atomic mass is 10.1. The van der Waals surface area contributed by atoms with Gasteiger partial charge in [0.2, 0.25) is 0 Å². The number of nitrogens with one attached hydrogen (secondary N) is 1. The van der Waals surface area contributed by atoms with Crippen LogP contribution in [0, 0.1) is 6.92 Å². The van der Waals surface area contributed by atoms with Crippen LogP contribution in [0.25, 0.3) is 32.2 Å². The Morgan fingerprint density at radius 1 is 0.824 bits per heavy atom. The van der Waals surface area contributed by atoms with Gasteiger partial charge in [0.05, 0.1) is 20.8 Å². The first-order chi connectivity index (χ1) is 16.7. The number of hydrogen-bond donors (Lipinski definition) is 1. The second-order valence-corrected chi connectivity index (χ2v) is 9.47. The van der Waals surface area contributed by atoms with Crippen LogP contribution in [0.4, 0.5) is 0 Å². The Balaban J connectivity index is 0.00000133. The molecule has 0 fully saturated rings. The van der Waals surface area contributed by atoms with Crippen molar-refractivity contribution in [3.8, 4) is 21.1 Å². The molecule has 0 saturated heterocycles. The van der Waals surface area contributed by atoms with Gasteiger partial charge in [0.25, 0.3) is 5.91 Å². The number of aromatic nitrogens is 2. The zero-order chi connectivity index (χ0) is 23.9. The fourth-order valence-corrected chi connectivity index (χ4v) is 4.97. The second kappa shape index (κ2) is 11.2. The molecule has 172 valence electrons. The van der Waals surface area contributed by atoms with Gasteiger partial charge >= 0.3 is 0 Å². The maximum atomic E-state index is 12.7. The number of nitrogens with zero attached hydrogens (tertiary/aromatic N) is 2. The summed E-state index contributed by atoms with van der Waals surface area (Å²) in [5.74, 6) is -0.0965. The number of aryl methyl sites for hydroxylation is 1. The van der Waals surface area contributed by atoms with Gasteiger partial charge in [-0.3, -0.25) is 4.79 Å². The lowest BCUT2D eigenvalue weighted by Gasteiger charge is -2.09. The van der Waals surface area contributed by atoms with Gasteiger partial charge in [0.1, 0.15) is 11.4 Å². The van der Waals surface area contributed by atoms with Crippen LogP contribution in [0.5, 0.6) is 0 Å². The Bertz CT molecular complexity index is 1360. The summed E-state index contributed by atoms with van der Waals surface area (Å²) in [5.41, 5.74) is 6.28. The molecule has 34 heavy (non-hydrogen) atoms. The molecule has 0 spiro atoms. The van der Waals surface area contributed by atoms with E-state index in [1.165, 1.54) is 11.1 Å². The lowest BCUT2D eigenvalue weighted by molar-refractivity contribution is 0.0954. The molecule has 0 unspecified atom stereocenters. The molecule has 2 aromatic carbocycles. The smallest absolute Gasteiger partial charge is 0.251 e. The van der Waals surface area contributed by atoms with Crippen molar-refractivity contribution in [3.05, 3.63) is 94.2 Å². The van der Waals surface area contributed by atoms with Crippen molar-refractivity contribution in [2.24, 2.45) is 0 Å². The van der Waals surface area contributed by atoms with Crippen molar-refractivity contribution in [1.29, 1.82) is 0 Å². The van der Waals surface area contributed by atoms with Crippen LogP contribution >= 0.6 is 22.7 Å². The van der Waals surface area contributed by atoms with E-state index < -0.39 is 0 Å². The van der Waals surface area contributed by atoms with Gasteiger partial charge in [-0.2, -0.15) is 0 Å². The fraction of sp³-hybridized carbons (Fsp3) is 0.179. The van der Waals surface area contributed by atoms with Crippen LogP contribution in [-0.2, 0) is 6.42 Å². The molecule has 1 N–H and O–H groups in total. The van der Waals surface area contributed by atoms with E-state index in [0.717, 1.165) is 38.6 Å². The molecule has 3 heterocycles. The molecular formula is C28H27N3OS2. The first kappa shape index (κ1) is 23.8. The molecule has 1 amide bonds. The maximum Gasteiger partial charge on any atom is 0.251 e. The highest BCUT2D eigenvalue weighted by Crippen LogP contribution is 2.35. The molecule has 4 nitrogen and oxygen atoms in total. The SMILES string of the molecule is CC.Cc1ccc(CCNC(=O)c2ccc3nc(-c4cccs4)c(-c4cccs4)nc3c2)cc1. The van der Waals surface area contributed by atoms with Gasteiger partial charge < -0.3 is 5.32 Å². The summed E-state index contributed by atoms with van der Waals surface area (Å²) in [4.78, 5) is 24.7. The zero-order valence-corrected chi connectivity index (χ0v) is 21.2.